The van der Waals surface area contributed by atoms with Crippen LogP contribution < -0.4 is 5.73 Å². The molecule has 1 heterocycles. The summed E-state index contributed by atoms with van der Waals surface area (Å²) in [5.74, 6) is 0.788. The van der Waals surface area contributed by atoms with Crippen molar-refractivity contribution in [1.82, 2.24) is 4.98 Å². The van der Waals surface area contributed by atoms with E-state index in [-0.39, 0.29) is 5.54 Å². The van der Waals surface area contributed by atoms with Crippen molar-refractivity contribution in [2.45, 2.75) is 44.1 Å². The van der Waals surface area contributed by atoms with E-state index in [9.17, 15) is 0 Å². The van der Waals surface area contributed by atoms with Crippen molar-refractivity contribution in [2.75, 3.05) is 0 Å². The summed E-state index contributed by atoms with van der Waals surface area (Å²) in [6.45, 7) is 0. The van der Waals surface area contributed by atoms with E-state index in [0.29, 0.717) is 0 Å². The van der Waals surface area contributed by atoms with Gasteiger partial charge in [0.25, 0.3) is 0 Å². The van der Waals surface area contributed by atoms with Crippen molar-refractivity contribution in [1.29, 1.82) is 0 Å². The number of hydrogen-bond acceptors (Lipinski definition) is 3. The Labute approximate surface area is 101 Å². The van der Waals surface area contributed by atoms with E-state index in [0.717, 1.165) is 36.3 Å². The number of fused-ring (bicyclic) bond motifs is 1. The minimum atomic E-state index is -0.0981. The maximum atomic E-state index is 6.41. The quantitative estimate of drug-likeness (QED) is 0.862. The van der Waals surface area contributed by atoms with Gasteiger partial charge in [0, 0.05) is 12.0 Å². The molecule has 0 amide bonds. The van der Waals surface area contributed by atoms with E-state index in [1.807, 2.05) is 24.3 Å². The Hall–Kier alpha value is -1.35. The van der Waals surface area contributed by atoms with Crippen molar-refractivity contribution in [3.8, 4) is 0 Å². The van der Waals surface area contributed by atoms with Crippen LogP contribution in [0.1, 0.15) is 38.0 Å². The average molecular weight is 230 g/mol. The van der Waals surface area contributed by atoms with E-state index in [4.69, 9.17) is 10.2 Å². The Kier molecular flexibility index (Phi) is 2.63. The Balaban J connectivity index is 1.84. The molecule has 17 heavy (non-hydrogen) atoms. The molecule has 3 nitrogen and oxygen atoms in total. The highest BCUT2D eigenvalue weighted by molar-refractivity contribution is 5.72. The fourth-order valence-corrected chi connectivity index (χ4v) is 2.73. The molecule has 2 aromatic rings. The van der Waals surface area contributed by atoms with Crippen LogP contribution in [0.25, 0.3) is 11.1 Å². The second-order valence-electron chi connectivity index (χ2n) is 5.18. The second kappa shape index (κ2) is 4.15. The van der Waals surface area contributed by atoms with Crippen molar-refractivity contribution < 1.29 is 4.42 Å². The molecule has 1 aliphatic carbocycles. The van der Waals surface area contributed by atoms with Gasteiger partial charge in [-0.15, -0.1) is 0 Å². The molecular formula is C14H18N2O. The van der Waals surface area contributed by atoms with Gasteiger partial charge in [-0.05, 0) is 25.0 Å². The van der Waals surface area contributed by atoms with Crippen LogP contribution in [0.4, 0.5) is 0 Å². The standard InChI is InChI=1S/C14H18N2O/c15-14(8-4-1-5-9-14)10-13-16-11-6-2-3-7-12(11)17-13/h2-3,6-7H,1,4-5,8-10,15H2. The zero-order valence-corrected chi connectivity index (χ0v) is 9.98. The largest absolute Gasteiger partial charge is 0.441 e. The number of aromatic nitrogens is 1. The molecule has 0 saturated heterocycles. The summed E-state index contributed by atoms with van der Waals surface area (Å²) in [6.07, 6.45) is 6.72. The lowest BCUT2D eigenvalue weighted by Gasteiger charge is -2.32. The molecule has 1 saturated carbocycles. The van der Waals surface area contributed by atoms with Gasteiger partial charge in [-0.25, -0.2) is 4.98 Å². The highest BCUT2D eigenvalue weighted by atomic mass is 16.3. The van der Waals surface area contributed by atoms with Crippen molar-refractivity contribution in [2.24, 2.45) is 5.73 Å². The van der Waals surface area contributed by atoms with Gasteiger partial charge in [-0.2, -0.15) is 0 Å². The molecule has 3 rings (SSSR count). The molecule has 0 radical (unpaired) electrons. The van der Waals surface area contributed by atoms with Gasteiger partial charge in [0.1, 0.15) is 5.52 Å². The molecular weight excluding hydrogens is 212 g/mol. The van der Waals surface area contributed by atoms with Crippen LogP contribution in [-0.2, 0) is 6.42 Å². The minimum Gasteiger partial charge on any atom is -0.441 e. The van der Waals surface area contributed by atoms with Crippen molar-refractivity contribution in [3.63, 3.8) is 0 Å². The molecule has 0 atom stereocenters. The first-order valence-electron chi connectivity index (χ1n) is 6.39. The van der Waals surface area contributed by atoms with Crippen LogP contribution in [-0.4, -0.2) is 10.5 Å². The Morgan fingerprint density at radius 1 is 1.18 bits per heavy atom. The van der Waals surface area contributed by atoms with Crippen LogP contribution >= 0.6 is 0 Å². The summed E-state index contributed by atoms with van der Waals surface area (Å²) >= 11 is 0. The predicted octanol–water partition coefficient (Wildman–Crippen LogP) is 3.03. The third kappa shape index (κ3) is 2.20. The molecule has 0 spiro atoms. The van der Waals surface area contributed by atoms with Crippen LogP contribution in [0.5, 0.6) is 0 Å². The summed E-state index contributed by atoms with van der Waals surface area (Å²) in [4.78, 5) is 4.51. The first-order chi connectivity index (χ1) is 8.25. The molecule has 0 aliphatic heterocycles. The summed E-state index contributed by atoms with van der Waals surface area (Å²) in [7, 11) is 0. The van der Waals surface area contributed by atoms with Gasteiger partial charge in [0.2, 0.25) is 0 Å². The third-order valence-electron chi connectivity index (χ3n) is 3.69. The first-order valence-corrected chi connectivity index (χ1v) is 6.39. The number of benzene rings is 1. The molecule has 1 aliphatic rings. The fraction of sp³-hybridized carbons (Fsp3) is 0.500. The number of nitrogens with two attached hydrogens (primary N) is 1. The highest BCUT2D eigenvalue weighted by Crippen LogP contribution is 2.29. The summed E-state index contributed by atoms with van der Waals surface area (Å²) in [5, 5.41) is 0. The smallest absolute Gasteiger partial charge is 0.197 e. The average Bonchev–Trinajstić information content (AvgIpc) is 2.71. The summed E-state index contributed by atoms with van der Waals surface area (Å²) in [5.41, 5.74) is 8.11. The van der Waals surface area contributed by atoms with E-state index in [1.165, 1.54) is 19.3 Å². The van der Waals surface area contributed by atoms with Gasteiger partial charge < -0.3 is 10.2 Å². The number of rotatable bonds is 2. The van der Waals surface area contributed by atoms with Crippen LogP contribution in [0.2, 0.25) is 0 Å². The van der Waals surface area contributed by atoms with E-state index >= 15 is 0 Å². The first kappa shape index (κ1) is 10.8. The molecule has 1 fully saturated rings. The van der Waals surface area contributed by atoms with Crippen molar-refractivity contribution >= 4 is 11.1 Å². The number of hydrogen-bond donors (Lipinski definition) is 1. The molecule has 0 unspecified atom stereocenters. The molecule has 1 aromatic heterocycles. The van der Waals surface area contributed by atoms with Crippen LogP contribution in [0.15, 0.2) is 28.7 Å². The second-order valence-corrected chi connectivity index (χ2v) is 5.18. The molecule has 1 aromatic carbocycles. The summed E-state index contributed by atoms with van der Waals surface area (Å²) in [6, 6.07) is 7.88. The number of para-hydroxylation sites is 2. The van der Waals surface area contributed by atoms with Crippen LogP contribution in [0.3, 0.4) is 0 Å². The monoisotopic (exact) mass is 230 g/mol. The Morgan fingerprint density at radius 2 is 1.94 bits per heavy atom. The fourth-order valence-electron chi connectivity index (χ4n) is 2.73. The lowest BCUT2D eigenvalue weighted by Crippen LogP contribution is -2.43. The highest BCUT2D eigenvalue weighted by Gasteiger charge is 2.29. The zero-order chi connectivity index (χ0) is 11.7. The van der Waals surface area contributed by atoms with E-state index < -0.39 is 0 Å². The zero-order valence-electron chi connectivity index (χ0n) is 9.98. The van der Waals surface area contributed by atoms with E-state index in [2.05, 4.69) is 4.98 Å². The lowest BCUT2D eigenvalue weighted by atomic mass is 9.80. The third-order valence-corrected chi connectivity index (χ3v) is 3.69. The summed E-state index contributed by atoms with van der Waals surface area (Å²) < 4.78 is 5.74. The molecule has 2 N–H and O–H groups in total. The predicted molar refractivity (Wildman–Crippen MR) is 67.7 cm³/mol. The van der Waals surface area contributed by atoms with Gasteiger partial charge in [0.05, 0.1) is 0 Å². The lowest BCUT2D eigenvalue weighted by molar-refractivity contribution is 0.276. The molecule has 0 bridgehead atoms. The van der Waals surface area contributed by atoms with Crippen molar-refractivity contribution in [3.05, 3.63) is 30.2 Å². The van der Waals surface area contributed by atoms with Gasteiger partial charge in [-0.1, -0.05) is 31.4 Å². The minimum absolute atomic E-state index is 0.0981. The van der Waals surface area contributed by atoms with E-state index in [1.54, 1.807) is 0 Å². The maximum absolute atomic E-state index is 6.41. The SMILES string of the molecule is NC1(Cc2nc3ccccc3o2)CCCCC1. The topological polar surface area (TPSA) is 52.0 Å². The van der Waals surface area contributed by atoms with Crippen LogP contribution in [0, 0.1) is 0 Å². The maximum Gasteiger partial charge on any atom is 0.197 e. The Morgan fingerprint density at radius 3 is 2.71 bits per heavy atom. The van der Waals surface area contributed by atoms with Gasteiger partial charge in [-0.3, -0.25) is 0 Å². The van der Waals surface area contributed by atoms with Gasteiger partial charge >= 0.3 is 0 Å². The number of oxazole rings is 1. The van der Waals surface area contributed by atoms with Gasteiger partial charge in [0.15, 0.2) is 11.5 Å². The Bertz CT molecular complexity index is 479. The molecule has 90 valence electrons. The number of nitrogens with zero attached hydrogens (tertiary/aromatic N) is 1. The molecule has 3 heteroatoms. The normalized spacial score (nSPS) is 19.6.